The second kappa shape index (κ2) is 5.59. The minimum absolute atomic E-state index is 0.893. The molecule has 0 saturated carbocycles. The topological polar surface area (TPSA) is 45.4 Å². The highest BCUT2D eigenvalue weighted by molar-refractivity contribution is 7.13. The van der Waals surface area contributed by atoms with Crippen molar-refractivity contribution in [3.63, 3.8) is 0 Å². The molecule has 1 aromatic carbocycles. The van der Waals surface area contributed by atoms with Gasteiger partial charge >= 0.3 is 0 Å². The van der Waals surface area contributed by atoms with E-state index in [0.29, 0.717) is 0 Å². The highest BCUT2D eigenvalue weighted by Gasteiger charge is 2.18. The summed E-state index contributed by atoms with van der Waals surface area (Å²) in [5.41, 5.74) is 8.12. The highest BCUT2D eigenvalue weighted by Crippen LogP contribution is 2.20. The van der Waals surface area contributed by atoms with Gasteiger partial charge in [0, 0.05) is 50.0 Å². The Bertz CT molecular complexity index is 518. The molecule has 0 spiro atoms. The van der Waals surface area contributed by atoms with Gasteiger partial charge in [-0.1, -0.05) is 18.2 Å². The zero-order chi connectivity index (χ0) is 13.1. The van der Waals surface area contributed by atoms with Crippen LogP contribution in [-0.2, 0) is 6.54 Å². The zero-order valence-electron chi connectivity index (χ0n) is 10.8. The maximum absolute atomic E-state index is 6.00. The van der Waals surface area contributed by atoms with Gasteiger partial charge in [0.1, 0.15) is 0 Å². The summed E-state index contributed by atoms with van der Waals surface area (Å²) in [5, 5.41) is 3.17. The largest absolute Gasteiger partial charge is 0.398 e. The molecule has 1 aromatic heterocycles. The Morgan fingerprint density at radius 3 is 2.63 bits per heavy atom. The van der Waals surface area contributed by atoms with Crippen LogP contribution < -0.4 is 10.6 Å². The minimum Gasteiger partial charge on any atom is -0.398 e. The summed E-state index contributed by atoms with van der Waals surface area (Å²) in [7, 11) is 0. The molecule has 5 heteroatoms. The predicted octanol–water partition coefficient (Wildman–Crippen LogP) is 2.05. The molecule has 0 radical (unpaired) electrons. The Kier molecular flexibility index (Phi) is 3.66. The molecular formula is C14H18N4S. The van der Waals surface area contributed by atoms with Crippen LogP contribution in [0.4, 0.5) is 10.8 Å². The Balaban J connectivity index is 1.57. The van der Waals surface area contributed by atoms with Gasteiger partial charge in [-0.3, -0.25) is 4.90 Å². The Morgan fingerprint density at radius 2 is 1.95 bits per heavy atom. The van der Waals surface area contributed by atoms with Crippen LogP contribution >= 0.6 is 11.3 Å². The molecule has 19 heavy (non-hydrogen) atoms. The van der Waals surface area contributed by atoms with E-state index in [1.807, 2.05) is 23.7 Å². The number of hydrogen-bond acceptors (Lipinski definition) is 5. The molecule has 4 nitrogen and oxygen atoms in total. The van der Waals surface area contributed by atoms with Crippen molar-refractivity contribution in [3.05, 3.63) is 41.4 Å². The second-order valence-electron chi connectivity index (χ2n) is 4.78. The van der Waals surface area contributed by atoms with Gasteiger partial charge in [0.2, 0.25) is 0 Å². The summed E-state index contributed by atoms with van der Waals surface area (Å²) in [4.78, 5) is 9.18. The number of nitrogen functional groups attached to an aromatic ring is 1. The minimum atomic E-state index is 0.893. The molecule has 0 aliphatic carbocycles. The van der Waals surface area contributed by atoms with Crippen LogP contribution in [0, 0.1) is 0 Å². The zero-order valence-corrected chi connectivity index (χ0v) is 11.6. The lowest BCUT2D eigenvalue weighted by Gasteiger charge is -2.34. The van der Waals surface area contributed by atoms with Gasteiger partial charge in [-0.25, -0.2) is 4.98 Å². The van der Waals surface area contributed by atoms with Crippen molar-refractivity contribution in [2.45, 2.75) is 6.54 Å². The first-order valence-electron chi connectivity index (χ1n) is 6.53. The van der Waals surface area contributed by atoms with Crippen molar-refractivity contribution >= 4 is 22.2 Å². The number of benzene rings is 1. The molecule has 100 valence electrons. The van der Waals surface area contributed by atoms with E-state index in [2.05, 4.69) is 26.9 Å². The van der Waals surface area contributed by atoms with E-state index in [-0.39, 0.29) is 0 Å². The lowest BCUT2D eigenvalue weighted by Crippen LogP contribution is -2.46. The van der Waals surface area contributed by atoms with Gasteiger partial charge in [-0.2, -0.15) is 0 Å². The van der Waals surface area contributed by atoms with Gasteiger partial charge in [-0.15, -0.1) is 11.3 Å². The fraction of sp³-hybridized carbons (Fsp3) is 0.357. The van der Waals surface area contributed by atoms with E-state index >= 15 is 0 Å². The monoisotopic (exact) mass is 274 g/mol. The maximum Gasteiger partial charge on any atom is 0.185 e. The van der Waals surface area contributed by atoms with Gasteiger partial charge < -0.3 is 10.6 Å². The lowest BCUT2D eigenvalue weighted by molar-refractivity contribution is 0.250. The number of aromatic nitrogens is 1. The smallest absolute Gasteiger partial charge is 0.185 e. The van der Waals surface area contributed by atoms with Crippen molar-refractivity contribution in [3.8, 4) is 0 Å². The SMILES string of the molecule is Nc1ccccc1CN1CCN(c2nccs2)CC1. The number of para-hydroxylation sites is 1. The third kappa shape index (κ3) is 2.88. The summed E-state index contributed by atoms with van der Waals surface area (Å²) in [6.07, 6.45) is 1.87. The number of nitrogens with zero attached hydrogens (tertiary/aromatic N) is 3. The van der Waals surface area contributed by atoms with Crippen LogP contribution in [0.5, 0.6) is 0 Å². The number of anilines is 2. The average Bonchev–Trinajstić information content (AvgIpc) is 2.96. The second-order valence-corrected chi connectivity index (χ2v) is 5.65. The summed E-state index contributed by atoms with van der Waals surface area (Å²) >= 11 is 1.71. The van der Waals surface area contributed by atoms with E-state index in [0.717, 1.165) is 43.5 Å². The molecule has 0 amide bonds. The molecule has 0 bridgehead atoms. The normalized spacial score (nSPS) is 16.7. The summed E-state index contributed by atoms with van der Waals surface area (Å²) in [5.74, 6) is 0. The predicted molar refractivity (Wildman–Crippen MR) is 80.5 cm³/mol. The van der Waals surface area contributed by atoms with Crippen molar-refractivity contribution in [1.82, 2.24) is 9.88 Å². The van der Waals surface area contributed by atoms with Crippen molar-refractivity contribution in [2.24, 2.45) is 0 Å². The first-order valence-corrected chi connectivity index (χ1v) is 7.41. The molecule has 2 heterocycles. The van der Waals surface area contributed by atoms with E-state index in [4.69, 9.17) is 5.73 Å². The van der Waals surface area contributed by atoms with E-state index in [1.165, 1.54) is 5.56 Å². The first-order chi connectivity index (χ1) is 9.33. The van der Waals surface area contributed by atoms with Gasteiger partial charge in [-0.05, 0) is 11.6 Å². The Morgan fingerprint density at radius 1 is 1.16 bits per heavy atom. The Labute approximate surface area is 117 Å². The van der Waals surface area contributed by atoms with Crippen molar-refractivity contribution < 1.29 is 0 Å². The van der Waals surface area contributed by atoms with Crippen LogP contribution in [0.15, 0.2) is 35.8 Å². The standard InChI is InChI=1S/C14H18N4S/c15-13-4-2-1-3-12(13)11-17-6-8-18(9-7-17)14-16-5-10-19-14/h1-5,10H,6-9,11,15H2. The third-order valence-corrected chi connectivity index (χ3v) is 4.34. The summed E-state index contributed by atoms with van der Waals surface area (Å²) < 4.78 is 0. The molecular weight excluding hydrogens is 256 g/mol. The molecule has 2 aromatic rings. The molecule has 0 unspecified atom stereocenters. The molecule has 2 N–H and O–H groups in total. The highest BCUT2D eigenvalue weighted by atomic mass is 32.1. The number of nitrogens with two attached hydrogens (primary N) is 1. The van der Waals surface area contributed by atoms with Crippen molar-refractivity contribution in [1.29, 1.82) is 0 Å². The molecule has 1 aliphatic rings. The van der Waals surface area contributed by atoms with Gasteiger partial charge in [0.25, 0.3) is 0 Å². The fourth-order valence-corrected chi connectivity index (χ4v) is 3.09. The molecule has 0 atom stereocenters. The Hall–Kier alpha value is -1.59. The number of hydrogen-bond donors (Lipinski definition) is 1. The average molecular weight is 274 g/mol. The number of thiazole rings is 1. The van der Waals surface area contributed by atoms with Crippen molar-refractivity contribution in [2.75, 3.05) is 36.8 Å². The number of rotatable bonds is 3. The van der Waals surface area contributed by atoms with Crippen LogP contribution in [0.1, 0.15) is 5.56 Å². The first kappa shape index (κ1) is 12.4. The summed E-state index contributed by atoms with van der Waals surface area (Å²) in [6.45, 7) is 5.15. The quantitative estimate of drug-likeness (QED) is 0.870. The fourth-order valence-electron chi connectivity index (χ4n) is 2.39. The van der Waals surface area contributed by atoms with Crippen LogP contribution in [-0.4, -0.2) is 36.1 Å². The van der Waals surface area contributed by atoms with E-state index in [1.54, 1.807) is 11.3 Å². The molecule has 3 rings (SSSR count). The summed E-state index contributed by atoms with van der Waals surface area (Å²) in [6, 6.07) is 8.13. The third-order valence-electron chi connectivity index (χ3n) is 3.51. The van der Waals surface area contributed by atoms with E-state index in [9.17, 15) is 0 Å². The van der Waals surface area contributed by atoms with Gasteiger partial charge in [0.15, 0.2) is 5.13 Å². The van der Waals surface area contributed by atoms with E-state index < -0.39 is 0 Å². The molecule has 1 aliphatic heterocycles. The van der Waals surface area contributed by atoms with Crippen LogP contribution in [0.25, 0.3) is 0 Å². The van der Waals surface area contributed by atoms with Crippen LogP contribution in [0.2, 0.25) is 0 Å². The van der Waals surface area contributed by atoms with Gasteiger partial charge in [0.05, 0.1) is 0 Å². The van der Waals surface area contributed by atoms with Crippen LogP contribution in [0.3, 0.4) is 0 Å². The molecule has 1 fully saturated rings. The molecule has 1 saturated heterocycles. The number of piperazine rings is 1. The maximum atomic E-state index is 6.00. The lowest BCUT2D eigenvalue weighted by atomic mass is 10.1.